The van der Waals surface area contributed by atoms with Crippen LogP contribution in [0.4, 0.5) is 27.6 Å². The standard InChI is InChI=1S/C22H18F5NO2/c1-3-14(2)20(18(24)12-13-23)21(29)28-15-8-10-16(11-9-15)30-19-7-5-4-6-17(19)22(25,26)27/h3-12H,1,13H2,2H3,(H,28,29)/b18-12+,20-14+. The van der Waals surface area contributed by atoms with Crippen LogP contribution in [-0.2, 0) is 11.0 Å². The molecule has 158 valence electrons. The van der Waals surface area contributed by atoms with Crippen LogP contribution in [0, 0.1) is 0 Å². The fourth-order valence-electron chi connectivity index (χ4n) is 2.46. The normalized spacial score (nSPS) is 12.8. The molecule has 0 aromatic heterocycles. The quantitative estimate of drug-likeness (QED) is 0.304. The summed E-state index contributed by atoms with van der Waals surface area (Å²) in [6.07, 6.45) is -2.69. The summed E-state index contributed by atoms with van der Waals surface area (Å²) in [7, 11) is 0. The smallest absolute Gasteiger partial charge is 0.419 e. The number of hydrogen-bond donors (Lipinski definition) is 1. The Labute approximate surface area is 170 Å². The molecule has 2 aromatic carbocycles. The lowest BCUT2D eigenvalue weighted by Gasteiger charge is -2.14. The van der Waals surface area contributed by atoms with Crippen molar-refractivity contribution in [1.82, 2.24) is 0 Å². The van der Waals surface area contributed by atoms with E-state index in [2.05, 4.69) is 11.9 Å². The van der Waals surface area contributed by atoms with Gasteiger partial charge in [0.05, 0.1) is 11.1 Å². The number of para-hydroxylation sites is 1. The number of allylic oxidation sites excluding steroid dienone is 3. The van der Waals surface area contributed by atoms with Gasteiger partial charge in [-0.15, -0.1) is 0 Å². The first-order valence-corrected chi connectivity index (χ1v) is 8.68. The molecule has 30 heavy (non-hydrogen) atoms. The van der Waals surface area contributed by atoms with E-state index in [1.165, 1.54) is 55.5 Å². The van der Waals surface area contributed by atoms with Crippen molar-refractivity contribution in [1.29, 1.82) is 0 Å². The Hall–Kier alpha value is -3.42. The van der Waals surface area contributed by atoms with Crippen molar-refractivity contribution >= 4 is 11.6 Å². The molecule has 2 rings (SSSR count). The number of nitrogens with one attached hydrogen (secondary N) is 1. The molecule has 3 nitrogen and oxygen atoms in total. The van der Waals surface area contributed by atoms with E-state index in [0.29, 0.717) is 6.08 Å². The van der Waals surface area contributed by atoms with Crippen molar-refractivity contribution in [3.8, 4) is 11.5 Å². The number of amides is 1. The largest absolute Gasteiger partial charge is 0.457 e. The number of benzene rings is 2. The van der Waals surface area contributed by atoms with Crippen LogP contribution in [0.5, 0.6) is 11.5 Å². The van der Waals surface area contributed by atoms with Gasteiger partial charge in [0.1, 0.15) is 24.0 Å². The average molecular weight is 423 g/mol. The number of anilines is 1. The summed E-state index contributed by atoms with van der Waals surface area (Å²) >= 11 is 0. The zero-order chi connectivity index (χ0) is 22.3. The van der Waals surface area contributed by atoms with E-state index in [-0.39, 0.29) is 28.3 Å². The molecule has 0 aliphatic carbocycles. The molecular formula is C22H18F5NO2. The van der Waals surface area contributed by atoms with Crippen molar-refractivity contribution < 1.29 is 31.5 Å². The number of rotatable bonds is 7. The van der Waals surface area contributed by atoms with Crippen LogP contribution in [0.25, 0.3) is 0 Å². The first-order chi connectivity index (χ1) is 14.2. The van der Waals surface area contributed by atoms with Crippen LogP contribution in [-0.4, -0.2) is 12.6 Å². The highest BCUT2D eigenvalue weighted by Gasteiger charge is 2.34. The summed E-state index contributed by atoms with van der Waals surface area (Å²) in [6, 6.07) is 10.2. The summed E-state index contributed by atoms with van der Waals surface area (Å²) in [5.41, 5.74) is -0.855. The molecule has 0 fully saturated rings. The summed E-state index contributed by atoms with van der Waals surface area (Å²) in [6.45, 7) is 3.83. The number of halogens is 5. The molecule has 0 radical (unpaired) electrons. The Morgan fingerprint density at radius 1 is 1.13 bits per heavy atom. The molecule has 0 saturated carbocycles. The number of carbonyl (C=O) groups is 1. The lowest BCUT2D eigenvalue weighted by molar-refractivity contribution is -0.138. The fourth-order valence-corrected chi connectivity index (χ4v) is 2.46. The summed E-state index contributed by atoms with van der Waals surface area (Å²) < 4.78 is 70.9. The predicted octanol–water partition coefficient (Wildman–Crippen LogP) is 6.76. The maximum atomic E-state index is 14.0. The van der Waals surface area contributed by atoms with Crippen molar-refractivity contribution in [3.63, 3.8) is 0 Å². The minimum atomic E-state index is -4.58. The van der Waals surface area contributed by atoms with E-state index >= 15 is 0 Å². The second-order valence-corrected chi connectivity index (χ2v) is 6.04. The van der Waals surface area contributed by atoms with Gasteiger partial charge in [0.25, 0.3) is 5.91 Å². The molecule has 0 aliphatic rings. The lowest BCUT2D eigenvalue weighted by Crippen LogP contribution is -2.16. The van der Waals surface area contributed by atoms with Gasteiger partial charge in [-0.1, -0.05) is 24.8 Å². The van der Waals surface area contributed by atoms with Crippen molar-refractivity contribution in [2.24, 2.45) is 0 Å². The SMILES string of the molecule is C=C/C(C)=C(C(=O)Nc1ccc(Oc2ccccc2C(F)(F)F)cc1)\C(F)=C/CF. The maximum absolute atomic E-state index is 14.0. The molecule has 8 heteroatoms. The van der Waals surface area contributed by atoms with Crippen molar-refractivity contribution in [2.45, 2.75) is 13.1 Å². The van der Waals surface area contributed by atoms with E-state index in [4.69, 9.17) is 4.74 Å². The number of hydrogen-bond acceptors (Lipinski definition) is 2. The van der Waals surface area contributed by atoms with Crippen molar-refractivity contribution in [2.75, 3.05) is 12.0 Å². The van der Waals surface area contributed by atoms with Gasteiger partial charge in [-0.05, 0) is 55.0 Å². The zero-order valence-electron chi connectivity index (χ0n) is 15.9. The average Bonchev–Trinajstić information content (AvgIpc) is 2.69. The third-order valence-electron chi connectivity index (χ3n) is 3.96. The highest BCUT2D eigenvalue weighted by atomic mass is 19.4. The Balaban J connectivity index is 2.20. The number of ether oxygens (including phenoxy) is 1. The van der Waals surface area contributed by atoms with Gasteiger partial charge in [-0.25, -0.2) is 8.78 Å². The predicted molar refractivity (Wildman–Crippen MR) is 105 cm³/mol. The van der Waals surface area contributed by atoms with E-state index in [0.717, 1.165) is 6.07 Å². The monoisotopic (exact) mass is 423 g/mol. The van der Waals surface area contributed by atoms with Gasteiger partial charge >= 0.3 is 6.18 Å². The fraction of sp³-hybridized carbons (Fsp3) is 0.136. The third kappa shape index (κ3) is 5.79. The van der Waals surface area contributed by atoms with Gasteiger partial charge in [-0.2, -0.15) is 13.2 Å². The molecule has 0 spiro atoms. The molecule has 0 atom stereocenters. The Morgan fingerprint density at radius 3 is 2.33 bits per heavy atom. The topological polar surface area (TPSA) is 38.3 Å². The molecule has 0 unspecified atom stereocenters. The molecule has 1 amide bonds. The maximum Gasteiger partial charge on any atom is 0.419 e. The molecule has 1 N–H and O–H groups in total. The van der Waals surface area contributed by atoms with Gasteiger partial charge in [0.15, 0.2) is 0 Å². The van der Waals surface area contributed by atoms with Crippen LogP contribution >= 0.6 is 0 Å². The molecule has 0 aliphatic heterocycles. The molecule has 0 bridgehead atoms. The van der Waals surface area contributed by atoms with Crippen LogP contribution in [0.15, 0.2) is 84.2 Å². The van der Waals surface area contributed by atoms with Crippen LogP contribution in [0.3, 0.4) is 0 Å². The summed E-state index contributed by atoms with van der Waals surface area (Å²) in [5, 5.41) is 2.44. The second-order valence-electron chi connectivity index (χ2n) is 6.04. The van der Waals surface area contributed by atoms with Crippen molar-refractivity contribution in [3.05, 3.63) is 89.8 Å². The molecular weight excluding hydrogens is 405 g/mol. The van der Waals surface area contributed by atoms with Gasteiger partial charge in [0, 0.05) is 5.69 Å². The van der Waals surface area contributed by atoms with Gasteiger partial charge in [-0.3, -0.25) is 4.79 Å². The third-order valence-corrected chi connectivity index (χ3v) is 3.96. The first-order valence-electron chi connectivity index (χ1n) is 8.68. The zero-order valence-corrected chi connectivity index (χ0v) is 15.9. The van der Waals surface area contributed by atoms with E-state index < -0.39 is 30.1 Å². The van der Waals surface area contributed by atoms with E-state index in [1.54, 1.807) is 0 Å². The second kappa shape index (κ2) is 9.87. The highest BCUT2D eigenvalue weighted by molar-refractivity contribution is 6.07. The van der Waals surface area contributed by atoms with Gasteiger partial charge in [0.2, 0.25) is 0 Å². The Bertz CT molecular complexity index is 976. The van der Waals surface area contributed by atoms with Crippen LogP contribution in [0.1, 0.15) is 12.5 Å². The highest BCUT2D eigenvalue weighted by Crippen LogP contribution is 2.38. The number of alkyl halides is 4. The molecule has 2 aromatic rings. The summed E-state index contributed by atoms with van der Waals surface area (Å²) in [5.74, 6) is -2.12. The van der Waals surface area contributed by atoms with Crippen LogP contribution < -0.4 is 10.1 Å². The Kier molecular flexibility index (Phi) is 7.52. The minimum absolute atomic E-state index is 0.103. The van der Waals surface area contributed by atoms with Gasteiger partial charge < -0.3 is 10.1 Å². The van der Waals surface area contributed by atoms with E-state index in [1.807, 2.05) is 0 Å². The minimum Gasteiger partial charge on any atom is -0.457 e. The summed E-state index contributed by atoms with van der Waals surface area (Å²) in [4.78, 5) is 12.4. The molecule has 0 saturated heterocycles. The molecule has 0 heterocycles. The lowest BCUT2D eigenvalue weighted by atomic mass is 10.1. The first kappa shape index (κ1) is 22.9. The number of carbonyl (C=O) groups excluding carboxylic acids is 1. The van der Waals surface area contributed by atoms with E-state index in [9.17, 15) is 26.7 Å². The van der Waals surface area contributed by atoms with Crippen LogP contribution in [0.2, 0.25) is 0 Å². The Morgan fingerprint density at radius 2 is 1.77 bits per heavy atom.